The van der Waals surface area contributed by atoms with E-state index in [4.69, 9.17) is 4.52 Å². The summed E-state index contributed by atoms with van der Waals surface area (Å²) in [6, 6.07) is 5.47. The third-order valence-electron chi connectivity index (χ3n) is 4.74. The van der Waals surface area contributed by atoms with Crippen LogP contribution in [0.2, 0.25) is 0 Å². The molecule has 7 nitrogen and oxygen atoms in total. The molecule has 0 saturated carbocycles. The van der Waals surface area contributed by atoms with E-state index in [-0.39, 0.29) is 17.9 Å². The molecule has 128 valence electrons. The fraction of sp³-hybridized carbons (Fsp3) is 0.333. The Hall–Kier alpha value is -2.96. The number of rotatable bonds is 2. The summed E-state index contributed by atoms with van der Waals surface area (Å²) in [5.41, 5.74) is 3.48. The van der Waals surface area contributed by atoms with Crippen molar-refractivity contribution in [1.29, 1.82) is 0 Å². The first-order valence-electron chi connectivity index (χ1n) is 8.23. The molecule has 0 aliphatic carbocycles. The van der Waals surface area contributed by atoms with Gasteiger partial charge in [0.25, 0.3) is 5.56 Å². The molecule has 0 aromatic carbocycles. The van der Waals surface area contributed by atoms with Crippen LogP contribution in [-0.4, -0.2) is 31.9 Å². The van der Waals surface area contributed by atoms with Gasteiger partial charge in [-0.1, -0.05) is 11.2 Å². The van der Waals surface area contributed by atoms with Crippen molar-refractivity contribution >= 4 is 11.6 Å². The molecule has 0 spiro atoms. The van der Waals surface area contributed by atoms with Gasteiger partial charge in [-0.3, -0.25) is 14.0 Å². The fourth-order valence-corrected chi connectivity index (χ4v) is 3.28. The van der Waals surface area contributed by atoms with Gasteiger partial charge in [-0.2, -0.15) is 0 Å². The maximum Gasteiger partial charge on any atom is 0.263 e. The monoisotopic (exact) mass is 338 g/mol. The minimum Gasteiger partial charge on any atom is -0.361 e. The van der Waals surface area contributed by atoms with Gasteiger partial charge in [0, 0.05) is 24.7 Å². The minimum atomic E-state index is -0.101. The van der Waals surface area contributed by atoms with Crippen LogP contribution in [0.15, 0.2) is 33.7 Å². The third-order valence-corrected chi connectivity index (χ3v) is 4.74. The summed E-state index contributed by atoms with van der Waals surface area (Å²) in [7, 11) is 0. The van der Waals surface area contributed by atoms with Gasteiger partial charge in [0.15, 0.2) is 0 Å². The molecule has 4 rings (SSSR count). The Bertz CT molecular complexity index is 1010. The molecule has 0 fully saturated rings. The molecule has 7 heteroatoms. The highest BCUT2D eigenvalue weighted by Crippen LogP contribution is 2.18. The molecule has 1 aliphatic rings. The zero-order valence-electron chi connectivity index (χ0n) is 14.2. The number of fused-ring (bicyclic) bond motifs is 2. The van der Waals surface area contributed by atoms with E-state index in [9.17, 15) is 9.59 Å². The number of hydrogen-bond acceptors (Lipinski definition) is 5. The lowest BCUT2D eigenvalue weighted by molar-refractivity contribution is -0.131. The number of aryl methyl sites for hydroxylation is 2. The molecule has 1 aliphatic heterocycles. The standard InChI is InChI=1S/C18H18N4O3/c1-11-13(12(2)25-20-11)9-17(23)21-8-6-15-14(10-21)18(24)22-7-4-3-5-16(22)19-15/h3-5,7H,6,8-10H2,1-2H3. The summed E-state index contributed by atoms with van der Waals surface area (Å²) in [6.45, 7) is 4.48. The van der Waals surface area contributed by atoms with E-state index in [1.165, 1.54) is 4.40 Å². The molecular formula is C18H18N4O3. The van der Waals surface area contributed by atoms with E-state index in [0.717, 1.165) is 17.0 Å². The van der Waals surface area contributed by atoms with Crippen molar-refractivity contribution in [2.24, 2.45) is 0 Å². The molecule has 3 aromatic heterocycles. The lowest BCUT2D eigenvalue weighted by Crippen LogP contribution is -2.41. The van der Waals surface area contributed by atoms with E-state index in [0.29, 0.717) is 36.5 Å². The number of aromatic nitrogens is 3. The average molecular weight is 338 g/mol. The van der Waals surface area contributed by atoms with Crippen LogP contribution in [0.1, 0.15) is 28.3 Å². The topological polar surface area (TPSA) is 80.7 Å². The molecule has 0 N–H and O–H groups in total. The van der Waals surface area contributed by atoms with E-state index in [2.05, 4.69) is 10.1 Å². The van der Waals surface area contributed by atoms with Crippen LogP contribution in [-0.2, 0) is 24.2 Å². The zero-order chi connectivity index (χ0) is 17.6. The Kier molecular flexibility index (Phi) is 3.63. The predicted molar refractivity (Wildman–Crippen MR) is 90.3 cm³/mol. The van der Waals surface area contributed by atoms with Crippen LogP contribution in [0.5, 0.6) is 0 Å². The van der Waals surface area contributed by atoms with Gasteiger partial charge < -0.3 is 9.42 Å². The van der Waals surface area contributed by atoms with Crippen LogP contribution >= 0.6 is 0 Å². The minimum absolute atomic E-state index is 0.0300. The zero-order valence-corrected chi connectivity index (χ0v) is 14.2. The lowest BCUT2D eigenvalue weighted by atomic mass is 10.0. The van der Waals surface area contributed by atoms with Crippen LogP contribution in [0.4, 0.5) is 0 Å². The second-order valence-electron chi connectivity index (χ2n) is 6.32. The molecule has 4 heterocycles. The molecule has 3 aromatic rings. The molecule has 0 radical (unpaired) electrons. The normalized spacial score (nSPS) is 13.9. The largest absolute Gasteiger partial charge is 0.361 e. The maximum absolute atomic E-state index is 12.7. The van der Waals surface area contributed by atoms with Crippen molar-refractivity contribution in [2.45, 2.75) is 33.2 Å². The van der Waals surface area contributed by atoms with Crippen LogP contribution in [0.3, 0.4) is 0 Å². The van der Waals surface area contributed by atoms with Gasteiger partial charge in [-0.15, -0.1) is 0 Å². The van der Waals surface area contributed by atoms with Gasteiger partial charge in [0.2, 0.25) is 5.91 Å². The second-order valence-corrected chi connectivity index (χ2v) is 6.32. The quantitative estimate of drug-likeness (QED) is 0.706. The highest BCUT2D eigenvalue weighted by molar-refractivity contribution is 5.79. The summed E-state index contributed by atoms with van der Waals surface area (Å²) in [4.78, 5) is 31.7. The number of hydrogen-bond donors (Lipinski definition) is 0. The summed E-state index contributed by atoms with van der Waals surface area (Å²) in [5, 5.41) is 3.89. The van der Waals surface area contributed by atoms with Crippen molar-refractivity contribution in [3.05, 3.63) is 63.0 Å². The van der Waals surface area contributed by atoms with E-state index in [1.54, 1.807) is 24.1 Å². The van der Waals surface area contributed by atoms with Gasteiger partial charge in [0.05, 0.1) is 29.9 Å². The third kappa shape index (κ3) is 2.61. The Morgan fingerprint density at radius 2 is 2.16 bits per heavy atom. The SMILES string of the molecule is Cc1noc(C)c1CC(=O)N1CCc2nc3ccccn3c(=O)c2C1. The summed E-state index contributed by atoms with van der Waals surface area (Å²) >= 11 is 0. The Morgan fingerprint density at radius 1 is 1.32 bits per heavy atom. The van der Waals surface area contributed by atoms with Crippen molar-refractivity contribution in [3.63, 3.8) is 0 Å². The first-order valence-corrected chi connectivity index (χ1v) is 8.23. The Morgan fingerprint density at radius 3 is 2.92 bits per heavy atom. The van der Waals surface area contributed by atoms with Crippen LogP contribution in [0, 0.1) is 13.8 Å². The maximum atomic E-state index is 12.7. The number of nitrogens with zero attached hydrogens (tertiary/aromatic N) is 4. The van der Waals surface area contributed by atoms with Crippen molar-refractivity contribution in [3.8, 4) is 0 Å². The van der Waals surface area contributed by atoms with E-state index >= 15 is 0 Å². The molecule has 0 atom stereocenters. The lowest BCUT2D eigenvalue weighted by Gasteiger charge is -2.28. The van der Waals surface area contributed by atoms with Gasteiger partial charge in [-0.05, 0) is 26.0 Å². The highest BCUT2D eigenvalue weighted by Gasteiger charge is 2.26. The first-order chi connectivity index (χ1) is 12.0. The summed E-state index contributed by atoms with van der Waals surface area (Å²) in [6.07, 6.45) is 2.53. The summed E-state index contributed by atoms with van der Waals surface area (Å²) in [5.74, 6) is 0.633. The number of amides is 1. The Balaban J connectivity index is 1.63. The van der Waals surface area contributed by atoms with E-state index < -0.39 is 0 Å². The number of pyridine rings is 1. The molecule has 0 unspecified atom stereocenters. The van der Waals surface area contributed by atoms with E-state index in [1.807, 2.05) is 19.1 Å². The van der Waals surface area contributed by atoms with Gasteiger partial charge in [-0.25, -0.2) is 4.98 Å². The van der Waals surface area contributed by atoms with Crippen LogP contribution < -0.4 is 5.56 Å². The molecule has 25 heavy (non-hydrogen) atoms. The Labute approximate surface area is 143 Å². The second kappa shape index (κ2) is 5.84. The van der Waals surface area contributed by atoms with Crippen molar-refractivity contribution < 1.29 is 9.32 Å². The fourth-order valence-electron chi connectivity index (χ4n) is 3.28. The molecule has 0 bridgehead atoms. The van der Waals surface area contributed by atoms with Gasteiger partial charge >= 0.3 is 0 Å². The van der Waals surface area contributed by atoms with Gasteiger partial charge in [0.1, 0.15) is 11.4 Å². The molecule has 0 saturated heterocycles. The predicted octanol–water partition coefficient (Wildman–Crippen LogP) is 1.43. The number of carbonyl (C=O) groups is 1. The van der Waals surface area contributed by atoms with Crippen molar-refractivity contribution in [2.75, 3.05) is 6.54 Å². The van der Waals surface area contributed by atoms with Crippen molar-refractivity contribution in [1.82, 2.24) is 19.4 Å². The average Bonchev–Trinajstić information content (AvgIpc) is 2.93. The number of carbonyl (C=O) groups excluding carboxylic acids is 1. The first kappa shape index (κ1) is 15.6. The smallest absolute Gasteiger partial charge is 0.263 e. The van der Waals surface area contributed by atoms with Crippen LogP contribution in [0.25, 0.3) is 5.65 Å². The highest BCUT2D eigenvalue weighted by atomic mass is 16.5. The molecular weight excluding hydrogens is 320 g/mol. The molecule has 1 amide bonds. The summed E-state index contributed by atoms with van der Waals surface area (Å²) < 4.78 is 6.65.